The van der Waals surface area contributed by atoms with Crippen LogP contribution in [0, 0.1) is 6.92 Å². The van der Waals surface area contributed by atoms with Gasteiger partial charge in [0, 0.05) is 12.7 Å². The van der Waals surface area contributed by atoms with E-state index < -0.39 is 0 Å². The van der Waals surface area contributed by atoms with Crippen molar-refractivity contribution >= 4 is 0 Å². The van der Waals surface area contributed by atoms with Crippen molar-refractivity contribution in [1.29, 1.82) is 0 Å². The SMILES string of the molecule is CCCOc1ccc(C)cc1C(C)Cc1cn(CC)nn1. The van der Waals surface area contributed by atoms with Gasteiger partial charge < -0.3 is 4.74 Å². The molecule has 4 heteroatoms. The number of ether oxygens (including phenoxy) is 1. The van der Waals surface area contributed by atoms with Crippen LogP contribution in [0.4, 0.5) is 0 Å². The Hall–Kier alpha value is -1.84. The molecule has 4 nitrogen and oxygen atoms in total. The second-order valence-electron chi connectivity index (χ2n) is 5.56. The Labute approximate surface area is 127 Å². The molecular weight excluding hydrogens is 262 g/mol. The minimum Gasteiger partial charge on any atom is -0.493 e. The summed E-state index contributed by atoms with van der Waals surface area (Å²) >= 11 is 0. The molecule has 0 amide bonds. The van der Waals surface area contributed by atoms with Crippen molar-refractivity contribution in [1.82, 2.24) is 15.0 Å². The Balaban J connectivity index is 2.16. The smallest absolute Gasteiger partial charge is 0.122 e. The molecule has 0 fully saturated rings. The van der Waals surface area contributed by atoms with Gasteiger partial charge in [0.2, 0.25) is 0 Å². The molecule has 0 aliphatic rings. The summed E-state index contributed by atoms with van der Waals surface area (Å²) in [5.41, 5.74) is 3.56. The Morgan fingerprint density at radius 3 is 2.76 bits per heavy atom. The first-order chi connectivity index (χ1) is 10.1. The van der Waals surface area contributed by atoms with Crippen LogP contribution in [0.15, 0.2) is 24.4 Å². The normalized spacial score (nSPS) is 12.4. The highest BCUT2D eigenvalue weighted by Crippen LogP contribution is 2.30. The maximum atomic E-state index is 5.89. The van der Waals surface area contributed by atoms with E-state index in [1.54, 1.807) is 0 Å². The molecule has 0 bridgehead atoms. The van der Waals surface area contributed by atoms with E-state index in [1.165, 1.54) is 11.1 Å². The first kappa shape index (κ1) is 15.5. The highest BCUT2D eigenvalue weighted by Gasteiger charge is 2.14. The molecule has 2 aromatic rings. The lowest BCUT2D eigenvalue weighted by Crippen LogP contribution is -2.05. The standard InChI is InChI=1S/C17H25N3O/c1-5-9-21-17-8-7-13(3)10-16(17)14(4)11-15-12-20(6-2)19-18-15/h7-8,10,12,14H,5-6,9,11H2,1-4H3. The van der Waals surface area contributed by atoms with Gasteiger partial charge in [0.15, 0.2) is 0 Å². The lowest BCUT2D eigenvalue weighted by Gasteiger charge is -2.17. The molecule has 114 valence electrons. The first-order valence-electron chi connectivity index (χ1n) is 7.76. The average Bonchev–Trinajstić information content (AvgIpc) is 2.93. The zero-order valence-electron chi connectivity index (χ0n) is 13.5. The second-order valence-corrected chi connectivity index (χ2v) is 5.56. The number of nitrogens with zero attached hydrogens (tertiary/aromatic N) is 3. The number of aryl methyl sites for hydroxylation is 2. The summed E-state index contributed by atoms with van der Waals surface area (Å²) in [6.45, 7) is 10.1. The van der Waals surface area contributed by atoms with Crippen LogP contribution in [0.5, 0.6) is 5.75 Å². The van der Waals surface area contributed by atoms with Crippen molar-refractivity contribution in [2.45, 2.75) is 53.0 Å². The zero-order chi connectivity index (χ0) is 15.2. The summed E-state index contributed by atoms with van der Waals surface area (Å²) in [7, 11) is 0. The van der Waals surface area contributed by atoms with Gasteiger partial charge >= 0.3 is 0 Å². The van der Waals surface area contributed by atoms with E-state index >= 15 is 0 Å². The van der Waals surface area contributed by atoms with Gasteiger partial charge in [-0.3, -0.25) is 4.68 Å². The molecule has 1 unspecified atom stereocenters. The van der Waals surface area contributed by atoms with Crippen LogP contribution in [-0.4, -0.2) is 21.6 Å². The average molecular weight is 287 g/mol. The minimum atomic E-state index is 0.360. The fourth-order valence-corrected chi connectivity index (χ4v) is 2.41. The number of rotatable bonds is 7. The second kappa shape index (κ2) is 7.25. The summed E-state index contributed by atoms with van der Waals surface area (Å²) in [6, 6.07) is 6.41. The van der Waals surface area contributed by atoms with Crippen LogP contribution >= 0.6 is 0 Å². The van der Waals surface area contributed by atoms with Gasteiger partial charge in [-0.05, 0) is 44.2 Å². The summed E-state index contributed by atoms with van der Waals surface area (Å²) in [5.74, 6) is 1.36. The van der Waals surface area contributed by atoms with E-state index in [-0.39, 0.29) is 0 Å². The lowest BCUT2D eigenvalue weighted by molar-refractivity contribution is 0.312. The summed E-state index contributed by atoms with van der Waals surface area (Å²) in [4.78, 5) is 0. The Kier molecular flexibility index (Phi) is 5.37. The molecule has 1 aromatic heterocycles. The Bertz CT molecular complexity index is 577. The number of hydrogen-bond acceptors (Lipinski definition) is 3. The quantitative estimate of drug-likeness (QED) is 0.778. The number of benzene rings is 1. The van der Waals surface area contributed by atoms with Crippen molar-refractivity contribution < 1.29 is 4.74 Å². The van der Waals surface area contributed by atoms with Crippen molar-refractivity contribution in [3.63, 3.8) is 0 Å². The van der Waals surface area contributed by atoms with E-state index in [0.717, 1.165) is 37.4 Å². The van der Waals surface area contributed by atoms with Crippen LogP contribution in [0.25, 0.3) is 0 Å². The van der Waals surface area contributed by atoms with Crippen molar-refractivity contribution in [3.05, 3.63) is 41.2 Å². The zero-order valence-corrected chi connectivity index (χ0v) is 13.5. The van der Waals surface area contributed by atoms with Gasteiger partial charge in [0.05, 0.1) is 12.3 Å². The van der Waals surface area contributed by atoms with Crippen LogP contribution in [0.1, 0.15) is 49.9 Å². The van der Waals surface area contributed by atoms with Crippen LogP contribution in [0.3, 0.4) is 0 Å². The van der Waals surface area contributed by atoms with E-state index in [4.69, 9.17) is 4.74 Å². The largest absolute Gasteiger partial charge is 0.493 e. The minimum absolute atomic E-state index is 0.360. The maximum Gasteiger partial charge on any atom is 0.122 e. The molecule has 1 atom stereocenters. The molecule has 0 saturated heterocycles. The first-order valence-corrected chi connectivity index (χ1v) is 7.76. The molecule has 2 rings (SSSR count). The van der Waals surface area contributed by atoms with Crippen molar-refractivity contribution in [2.75, 3.05) is 6.61 Å². The number of aromatic nitrogens is 3. The van der Waals surface area contributed by atoms with E-state index in [0.29, 0.717) is 5.92 Å². The maximum absolute atomic E-state index is 5.89. The van der Waals surface area contributed by atoms with Gasteiger partial charge in [0.25, 0.3) is 0 Å². The molecule has 0 N–H and O–H groups in total. The van der Waals surface area contributed by atoms with E-state index in [9.17, 15) is 0 Å². The van der Waals surface area contributed by atoms with Gasteiger partial charge in [-0.2, -0.15) is 0 Å². The molecular formula is C17H25N3O. The number of hydrogen-bond donors (Lipinski definition) is 0. The fourth-order valence-electron chi connectivity index (χ4n) is 2.41. The molecule has 0 radical (unpaired) electrons. The molecule has 1 heterocycles. The van der Waals surface area contributed by atoms with Crippen LogP contribution in [-0.2, 0) is 13.0 Å². The molecule has 21 heavy (non-hydrogen) atoms. The Morgan fingerprint density at radius 1 is 1.29 bits per heavy atom. The van der Waals surface area contributed by atoms with Gasteiger partial charge in [-0.25, -0.2) is 0 Å². The predicted molar refractivity (Wildman–Crippen MR) is 84.8 cm³/mol. The molecule has 0 aliphatic carbocycles. The monoisotopic (exact) mass is 287 g/mol. The molecule has 0 saturated carbocycles. The molecule has 0 spiro atoms. The third-order valence-corrected chi connectivity index (χ3v) is 3.58. The molecule has 1 aromatic carbocycles. The van der Waals surface area contributed by atoms with E-state index in [2.05, 4.69) is 56.2 Å². The highest BCUT2D eigenvalue weighted by atomic mass is 16.5. The fraction of sp³-hybridized carbons (Fsp3) is 0.529. The van der Waals surface area contributed by atoms with Crippen LogP contribution in [0.2, 0.25) is 0 Å². The highest BCUT2D eigenvalue weighted by molar-refractivity contribution is 5.39. The van der Waals surface area contributed by atoms with Gasteiger partial charge in [-0.1, -0.05) is 36.8 Å². The topological polar surface area (TPSA) is 39.9 Å². The lowest BCUT2D eigenvalue weighted by atomic mass is 9.94. The van der Waals surface area contributed by atoms with Crippen LogP contribution < -0.4 is 4.74 Å². The Morgan fingerprint density at radius 2 is 2.10 bits per heavy atom. The van der Waals surface area contributed by atoms with Gasteiger partial charge in [0.1, 0.15) is 5.75 Å². The van der Waals surface area contributed by atoms with E-state index in [1.807, 2.05) is 10.9 Å². The molecule has 0 aliphatic heterocycles. The van der Waals surface area contributed by atoms with Gasteiger partial charge in [-0.15, -0.1) is 5.10 Å². The summed E-state index contributed by atoms with van der Waals surface area (Å²) in [6.07, 6.45) is 3.93. The summed E-state index contributed by atoms with van der Waals surface area (Å²) < 4.78 is 7.75. The van der Waals surface area contributed by atoms with Crippen molar-refractivity contribution in [2.24, 2.45) is 0 Å². The van der Waals surface area contributed by atoms with Crippen molar-refractivity contribution in [3.8, 4) is 5.75 Å². The third kappa shape index (κ3) is 4.06. The third-order valence-electron chi connectivity index (χ3n) is 3.58. The predicted octanol–water partition coefficient (Wildman–Crippen LogP) is 3.74. The summed E-state index contributed by atoms with van der Waals surface area (Å²) in [5, 5.41) is 8.35.